The van der Waals surface area contributed by atoms with Crippen LogP contribution in [0.4, 0.5) is 0 Å². The van der Waals surface area contributed by atoms with Crippen LogP contribution < -0.4 is 5.32 Å². The van der Waals surface area contributed by atoms with Crippen LogP contribution in [0.1, 0.15) is 46.6 Å². The van der Waals surface area contributed by atoms with Crippen molar-refractivity contribution in [3.8, 4) is 0 Å². The molecular weight excluding hydrogens is 290 g/mol. The number of aliphatic hydroxyl groups is 1. The van der Waals surface area contributed by atoms with Crippen LogP contribution in [0.25, 0.3) is 0 Å². The van der Waals surface area contributed by atoms with Crippen LogP contribution in [0.15, 0.2) is 30.3 Å². The summed E-state index contributed by atoms with van der Waals surface area (Å²) in [7, 11) is 0. The third-order valence-corrected chi connectivity index (χ3v) is 4.51. The highest BCUT2D eigenvalue weighted by molar-refractivity contribution is 5.94. The maximum Gasteiger partial charge on any atom is 0.251 e. The molecule has 1 aliphatic rings. The average Bonchev–Trinajstić information content (AvgIpc) is 2.81. The second-order valence-electron chi connectivity index (χ2n) is 6.54. The molecule has 5 nitrogen and oxygen atoms in total. The number of nitrogens with one attached hydrogen (secondary N) is 1. The molecule has 2 N–H and O–H groups in total. The van der Waals surface area contributed by atoms with Crippen LogP contribution in [0.2, 0.25) is 0 Å². The highest BCUT2D eigenvalue weighted by Crippen LogP contribution is 2.30. The lowest BCUT2D eigenvalue weighted by atomic mass is 9.80. The van der Waals surface area contributed by atoms with Gasteiger partial charge in [-0.2, -0.15) is 5.10 Å². The van der Waals surface area contributed by atoms with Gasteiger partial charge in [-0.05, 0) is 56.9 Å². The van der Waals surface area contributed by atoms with Gasteiger partial charge in [0, 0.05) is 17.8 Å². The van der Waals surface area contributed by atoms with Crippen molar-refractivity contribution in [2.45, 2.75) is 45.3 Å². The zero-order valence-electron chi connectivity index (χ0n) is 13.7. The van der Waals surface area contributed by atoms with Gasteiger partial charge in [-0.1, -0.05) is 12.1 Å². The standard InChI is InChI=1S/C18H23N3O2/c1-13-10-14(2)21(20-13)11-15-4-6-16(7-5-15)17(22)19-12-18(23)8-3-9-18/h4-7,10,23H,3,8-9,11-12H2,1-2H3,(H,19,22). The molecule has 1 fully saturated rings. The minimum absolute atomic E-state index is 0.136. The summed E-state index contributed by atoms with van der Waals surface area (Å²) in [5.74, 6) is -0.136. The van der Waals surface area contributed by atoms with Crippen LogP contribution in [-0.2, 0) is 6.54 Å². The second kappa shape index (κ2) is 6.16. The Morgan fingerprint density at radius 3 is 2.52 bits per heavy atom. The minimum Gasteiger partial charge on any atom is -0.388 e. The third-order valence-electron chi connectivity index (χ3n) is 4.51. The van der Waals surface area contributed by atoms with E-state index in [0.29, 0.717) is 18.7 Å². The smallest absolute Gasteiger partial charge is 0.251 e. The molecular formula is C18H23N3O2. The Labute approximate surface area is 136 Å². The molecule has 0 spiro atoms. The van der Waals surface area contributed by atoms with E-state index >= 15 is 0 Å². The van der Waals surface area contributed by atoms with Gasteiger partial charge < -0.3 is 10.4 Å². The molecule has 1 aromatic carbocycles. The fourth-order valence-corrected chi connectivity index (χ4v) is 2.88. The van der Waals surface area contributed by atoms with E-state index in [4.69, 9.17) is 0 Å². The lowest BCUT2D eigenvalue weighted by Gasteiger charge is -2.36. The fraction of sp³-hybridized carbons (Fsp3) is 0.444. The molecule has 0 aliphatic heterocycles. The first kappa shape index (κ1) is 15.7. The number of hydrogen-bond donors (Lipinski definition) is 2. The average molecular weight is 313 g/mol. The van der Waals surface area contributed by atoms with Gasteiger partial charge >= 0.3 is 0 Å². The molecule has 0 unspecified atom stereocenters. The van der Waals surface area contributed by atoms with Gasteiger partial charge in [0.25, 0.3) is 5.91 Å². The molecule has 5 heteroatoms. The van der Waals surface area contributed by atoms with Crippen molar-refractivity contribution < 1.29 is 9.90 Å². The Morgan fingerprint density at radius 1 is 1.30 bits per heavy atom. The van der Waals surface area contributed by atoms with Gasteiger partial charge in [-0.15, -0.1) is 0 Å². The summed E-state index contributed by atoms with van der Waals surface area (Å²) < 4.78 is 1.95. The molecule has 2 aromatic rings. The van der Waals surface area contributed by atoms with Gasteiger partial charge in [0.05, 0.1) is 17.8 Å². The Hall–Kier alpha value is -2.14. The minimum atomic E-state index is -0.689. The molecule has 0 radical (unpaired) electrons. The van der Waals surface area contributed by atoms with E-state index in [1.54, 1.807) is 0 Å². The highest BCUT2D eigenvalue weighted by Gasteiger charge is 2.34. The number of amides is 1. The maximum atomic E-state index is 12.1. The SMILES string of the molecule is Cc1cc(C)n(Cc2ccc(C(=O)NCC3(O)CCC3)cc2)n1. The Balaban J connectivity index is 1.60. The number of rotatable bonds is 5. The molecule has 1 aliphatic carbocycles. The first-order valence-electron chi connectivity index (χ1n) is 8.06. The molecule has 0 saturated heterocycles. The van der Waals surface area contributed by atoms with Crippen molar-refractivity contribution in [2.75, 3.05) is 6.54 Å². The molecule has 23 heavy (non-hydrogen) atoms. The van der Waals surface area contributed by atoms with Gasteiger partial charge in [-0.25, -0.2) is 0 Å². The summed E-state index contributed by atoms with van der Waals surface area (Å²) in [6.07, 6.45) is 2.58. The monoisotopic (exact) mass is 313 g/mol. The second-order valence-corrected chi connectivity index (χ2v) is 6.54. The van der Waals surface area contributed by atoms with Crippen LogP contribution >= 0.6 is 0 Å². The van der Waals surface area contributed by atoms with E-state index in [1.807, 2.05) is 48.9 Å². The quantitative estimate of drug-likeness (QED) is 0.889. The van der Waals surface area contributed by atoms with Crippen molar-refractivity contribution in [3.05, 3.63) is 52.8 Å². The molecule has 1 heterocycles. The topological polar surface area (TPSA) is 67.2 Å². The van der Waals surface area contributed by atoms with Crippen molar-refractivity contribution in [2.24, 2.45) is 0 Å². The third kappa shape index (κ3) is 3.62. The largest absolute Gasteiger partial charge is 0.388 e. The summed E-state index contributed by atoms with van der Waals surface area (Å²) in [5, 5.41) is 17.3. The zero-order valence-corrected chi connectivity index (χ0v) is 13.7. The summed E-state index contributed by atoms with van der Waals surface area (Å²) >= 11 is 0. The van der Waals surface area contributed by atoms with E-state index in [2.05, 4.69) is 10.4 Å². The van der Waals surface area contributed by atoms with E-state index in [1.165, 1.54) is 0 Å². The maximum absolute atomic E-state index is 12.1. The predicted molar refractivity (Wildman–Crippen MR) is 88.4 cm³/mol. The van der Waals surface area contributed by atoms with Crippen LogP contribution in [0.3, 0.4) is 0 Å². The predicted octanol–water partition coefficient (Wildman–Crippen LogP) is 2.19. The Bertz CT molecular complexity index is 700. The Kier molecular flexibility index (Phi) is 4.22. The summed E-state index contributed by atoms with van der Waals surface area (Å²) in [6, 6.07) is 9.59. The van der Waals surface area contributed by atoms with Gasteiger partial charge in [-0.3, -0.25) is 9.48 Å². The number of aromatic nitrogens is 2. The number of nitrogens with zero attached hydrogens (tertiary/aromatic N) is 2. The van der Waals surface area contributed by atoms with Crippen molar-refractivity contribution in [3.63, 3.8) is 0 Å². The van der Waals surface area contributed by atoms with E-state index in [0.717, 1.165) is 36.2 Å². The molecule has 1 saturated carbocycles. The van der Waals surface area contributed by atoms with Crippen molar-refractivity contribution in [1.29, 1.82) is 0 Å². The number of carbonyl (C=O) groups is 1. The van der Waals surface area contributed by atoms with Crippen LogP contribution in [0, 0.1) is 13.8 Å². The fourth-order valence-electron chi connectivity index (χ4n) is 2.88. The first-order chi connectivity index (χ1) is 11.0. The molecule has 0 atom stereocenters. The van der Waals surface area contributed by atoms with Gasteiger partial charge in [0.15, 0.2) is 0 Å². The Morgan fingerprint density at radius 2 is 2.00 bits per heavy atom. The number of hydrogen-bond acceptors (Lipinski definition) is 3. The van der Waals surface area contributed by atoms with Crippen molar-refractivity contribution >= 4 is 5.91 Å². The van der Waals surface area contributed by atoms with Crippen LogP contribution in [-0.4, -0.2) is 32.9 Å². The summed E-state index contributed by atoms with van der Waals surface area (Å²) in [4.78, 5) is 12.1. The molecule has 1 aromatic heterocycles. The van der Waals surface area contributed by atoms with E-state index in [9.17, 15) is 9.90 Å². The zero-order chi connectivity index (χ0) is 16.4. The van der Waals surface area contributed by atoms with Gasteiger partial charge in [0.2, 0.25) is 0 Å². The number of aryl methyl sites for hydroxylation is 2. The van der Waals surface area contributed by atoms with Crippen molar-refractivity contribution in [1.82, 2.24) is 15.1 Å². The first-order valence-corrected chi connectivity index (χ1v) is 8.06. The van der Waals surface area contributed by atoms with E-state index in [-0.39, 0.29) is 5.91 Å². The number of carbonyl (C=O) groups excluding carboxylic acids is 1. The van der Waals surface area contributed by atoms with E-state index < -0.39 is 5.60 Å². The van der Waals surface area contributed by atoms with Gasteiger partial charge in [0.1, 0.15) is 0 Å². The highest BCUT2D eigenvalue weighted by atomic mass is 16.3. The lowest BCUT2D eigenvalue weighted by molar-refractivity contribution is -0.0300. The summed E-state index contributed by atoms with van der Waals surface area (Å²) in [5.41, 5.74) is 3.16. The van der Waals surface area contributed by atoms with Crippen LogP contribution in [0.5, 0.6) is 0 Å². The molecule has 0 bridgehead atoms. The lowest BCUT2D eigenvalue weighted by Crippen LogP contribution is -2.47. The normalized spacial score (nSPS) is 16.0. The molecule has 1 amide bonds. The molecule has 122 valence electrons. The molecule has 3 rings (SSSR count). The summed E-state index contributed by atoms with van der Waals surface area (Å²) in [6.45, 7) is 5.04. The number of benzene rings is 1.